The molecule has 54 valence electrons. The zero-order valence-electron chi connectivity index (χ0n) is 6.43. The summed E-state index contributed by atoms with van der Waals surface area (Å²) in [5, 5.41) is 0. The number of carbonyl (C=O) groups is 1. The molecule has 0 aliphatic carbocycles. The Hall–Kier alpha value is 0.0200. The molecule has 0 amide bonds. The molecule has 1 unspecified atom stereocenters. The molecule has 0 aliphatic rings. The highest BCUT2D eigenvalue weighted by molar-refractivity contribution is 7.81. The summed E-state index contributed by atoms with van der Waals surface area (Å²) < 4.78 is -0.175. The van der Waals surface area contributed by atoms with Crippen LogP contribution in [-0.2, 0) is 4.79 Å². The smallest absolute Gasteiger partial charge is 0.133 e. The van der Waals surface area contributed by atoms with E-state index in [9.17, 15) is 4.79 Å². The minimum atomic E-state index is -0.175. The highest BCUT2D eigenvalue weighted by atomic mass is 32.1. The molecule has 0 saturated heterocycles. The van der Waals surface area contributed by atoms with Gasteiger partial charge in [-0.1, -0.05) is 20.8 Å². The van der Waals surface area contributed by atoms with E-state index in [0.717, 1.165) is 0 Å². The Balaban J connectivity index is 4.04. The summed E-state index contributed by atoms with van der Waals surface area (Å²) in [7, 11) is 0. The van der Waals surface area contributed by atoms with Crippen molar-refractivity contribution in [3.63, 3.8) is 0 Å². The molecule has 0 aromatic heterocycles. The largest absolute Gasteiger partial charge is 0.300 e. The first-order chi connectivity index (χ1) is 3.85. The fraction of sp³-hybridized carbons (Fsp3) is 0.857. The third-order valence-electron chi connectivity index (χ3n) is 1.67. The number of Topliss-reactive ketones (excluding diaryl/α,β-unsaturated/α-hetero) is 1. The molecule has 0 radical (unpaired) electrons. The van der Waals surface area contributed by atoms with Crippen LogP contribution >= 0.6 is 12.6 Å². The zero-order valence-corrected chi connectivity index (χ0v) is 7.33. The molecule has 0 fully saturated rings. The first-order valence-corrected chi connectivity index (χ1v) is 3.53. The first-order valence-electron chi connectivity index (χ1n) is 3.08. The zero-order chi connectivity index (χ0) is 7.65. The maximum atomic E-state index is 10.7. The van der Waals surface area contributed by atoms with Crippen molar-refractivity contribution in [1.82, 2.24) is 0 Å². The lowest BCUT2D eigenvalue weighted by Crippen LogP contribution is -2.27. The molecule has 0 rings (SSSR count). The number of hydrogen-bond acceptors (Lipinski definition) is 2. The minimum absolute atomic E-state index is 0.0424. The number of carbonyl (C=O) groups excluding carboxylic acids is 1. The van der Waals surface area contributed by atoms with E-state index < -0.39 is 0 Å². The van der Waals surface area contributed by atoms with Gasteiger partial charge in [-0.3, -0.25) is 4.79 Å². The van der Waals surface area contributed by atoms with E-state index in [1.807, 2.05) is 20.8 Å². The van der Waals surface area contributed by atoms with Gasteiger partial charge in [0.2, 0.25) is 0 Å². The second kappa shape index (κ2) is 2.74. The van der Waals surface area contributed by atoms with Crippen molar-refractivity contribution in [2.75, 3.05) is 0 Å². The molecule has 0 spiro atoms. The molecule has 0 aromatic carbocycles. The normalized spacial score (nSPS) is 15.2. The van der Waals surface area contributed by atoms with Gasteiger partial charge in [0.05, 0.1) is 0 Å². The minimum Gasteiger partial charge on any atom is -0.300 e. The van der Waals surface area contributed by atoms with Gasteiger partial charge in [0, 0.05) is 10.7 Å². The van der Waals surface area contributed by atoms with Crippen molar-refractivity contribution < 1.29 is 4.79 Å². The maximum Gasteiger partial charge on any atom is 0.133 e. The Morgan fingerprint density at radius 2 is 1.89 bits per heavy atom. The standard InChI is InChI=1S/C7H14OS/c1-5(6(2)8)7(3,4)9/h5,9H,1-4H3. The molecular weight excluding hydrogens is 132 g/mol. The fourth-order valence-corrected chi connectivity index (χ4v) is 0.679. The van der Waals surface area contributed by atoms with Crippen molar-refractivity contribution in [3.8, 4) is 0 Å². The molecule has 0 heterocycles. The van der Waals surface area contributed by atoms with E-state index in [1.54, 1.807) is 6.92 Å². The monoisotopic (exact) mass is 146 g/mol. The van der Waals surface area contributed by atoms with Crippen LogP contribution in [0.15, 0.2) is 0 Å². The molecule has 2 heteroatoms. The fourth-order valence-electron chi connectivity index (χ4n) is 0.497. The summed E-state index contributed by atoms with van der Waals surface area (Å²) >= 11 is 4.27. The van der Waals surface area contributed by atoms with E-state index in [2.05, 4.69) is 12.6 Å². The third-order valence-corrected chi connectivity index (χ3v) is 2.06. The highest BCUT2D eigenvalue weighted by Crippen LogP contribution is 2.23. The Morgan fingerprint density at radius 3 is 1.89 bits per heavy atom. The molecule has 0 saturated carbocycles. The molecule has 9 heavy (non-hydrogen) atoms. The number of ketones is 1. The van der Waals surface area contributed by atoms with Crippen LogP contribution in [0.1, 0.15) is 27.7 Å². The van der Waals surface area contributed by atoms with Gasteiger partial charge in [-0.25, -0.2) is 0 Å². The van der Waals surface area contributed by atoms with E-state index in [4.69, 9.17) is 0 Å². The highest BCUT2D eigenvalue weighted by Gasteiger charge is 2.24. The second-order valence-electron chi connectivity index (χ2n) is 2.99. The molecule has 0 aliphatic heterocycles. The van der Waals surface area contributed by atoms with Gasteiger partial charge in [-0.15, -0.1) is 0 Å². The summed E-state index contributed by atoms with van der Waals surface area (Å²) in [4.78, 5) is 10.7. The lowest BCUT2D eigenvalue weighted by atomic mass is 9.93. The predicted octanol–water partition coefficient (Wildman–Crippen LogP) is 1.92. The van der Waals surface area contributed by atoms with Gasteiger partial charge in [-0.2, -0.15) is 12.6 Å². The lowest BCUT2D eigenvalue weighted by molar-refractivity contribution is -0.120. The van der Waals surface area contributed by atoms with Gasteiger partial charge in [0.1, 0.15) is 5.78 Å². The summed E-state index contributed by atoms with van der Waals surface area (Å²) in [6, 6.07) is 0. The van der Waals surface area contributed by atoms with Crippen molar-refractivity contribution in [2.24, 2.45) is 5.92 Å². The predicted molar refractivity (Wildman–Crippen MR) is 42.9 cm³/mol. The Labute approximate surface area is 62.2 Å². The average Bonchev–Trinajstić information content (AvgIpc) is 1.62. The molecule has 1 nitrogen and oxygen atoms in total. The van der Waals surface area contributed by atoms with Gasteiger partial charge >= 0.3 is 0 Å². The van der Waals surface area contributed by atoms with E-state index in [-0.39, 0.29) is 16.4 Å². The van der Waals surface area contributed by atoms with Crippen LogP contribution in [0, 0.1) is 5.92 Å². The van der Waals surface area contributed by atoms with Crippen LogP contribution in [0.2, 0.25) is 0 Å². The van der Waals surface area contributed by atoms with Crippen LogP contribution < -0.4 is 0 Å². The summed E-state index contributed by atoms with van der Waals surface area (Å²) in [5.41, 5.74) is 0. The lowest BCUT2D eigenvalue weighted by Gasteiger charge is -2.23. The van der Waals surface area contributed by atoms with Crippen molar-refractivity contribution in [1.29, 1.82) is 0 Å². The Morgan fingerprint density at radius 1 is 1.56 bits per heavy atom. The van der Waals surface area contributed by atoms with Crippen molar-refractivity contribution >= 4 is 18.4 Å². The molecular formula is C7H14OS. The number of thiol groups is 1. The average molecular weight is 146 g/mol. The van der Waals surface area contributed by atoms with Crippen LogP contribution in [0.5, 0.6) is 0 Å². The van der Waals surface area contributed by atoms with Crippen LogP contribution in [0.25, 0.3) is 0 Å². The summed E-state index contributed by atoms with van der Waals surface area (Å²) in [6.07, 6.45) is 0. The Kier molecular flexibility index (Phi) is 2.74. The molecule has 1 atom stereocenters. The van der Waals surface area contributed by atoms with Crippen molar-refractivity contribution in [3.05, 3.63) is 0 Å². The molecule has 0 bridgehead atoms. The van der Waals surface area contributed by atoms with Gasteiger partial charge in [0.15, 0.2) is 0 Å². The van der Waals surface area contributed by atoms with Crippen LogP contribution in [0.3, 0.4) is 0 Å². The van der Waals surface area contributed by atoms with Gasteiger partial charge in [0.25, 0.3) is 0 Å². The van der Waals surface area contributed by atoms with Crippen LogP contribution in [-0.4, -0.2) is 10.5 Å². The van der Waals surface area contributed by atoms with E-state index >= 15 is 0 Å². The van der Waals surface area contributed by atoms with E-state index in [0.29, 0.717) is 0 Å². The molecule has 0 aromatic rings. The summed E-state index contributed by atoms with van der Waals surface area (Å²) in [6.45, 7) is 7.39. The maximum absolute atomic E-state index is 10.7. The quantitative estimate of drug-likeness (QED) is 0.589. The van der Waals surface area contributed by atoms with Crippen LogP contribution in [0.4, 0.5) is 0 Å². The topological polar surface area (TPSA) is 17.1 Å². The molecule has 0 N–H and O–H groups in total. The second-order valence-corrected chi connectivity index (χ2v) is 4.14. The number of hydrogen-bond donors (Lipinski definition) is 1. The van der Waals surface area contributed by atoms with Gasteiger partial charge in [-0.05, 0) is 6.92 Å². The van der Waals surface area contributed by atoms with E-state index in [1.165, 1.54) is 0 Å². The first kappa shape index (κ1) is 9.02. The van der Waals surface area contributed by atoms with Crippen molar-refractivity contribution in [2.45, 2.75) is 32.4 Å². The third kappa shape index (κ3) is 2.89. The van der Waals surface area contributed by atoms with Gasteiger partial charge < -0.3 is 0 Å². The summed E-state index contributed by atoms with van der Waals surface area (Å²) in [5.74, 6) is 0.246. The number of rotatable bonds is 2. The SMILES string of the molecule is CC(=O)C(C)C(C)(C)S. The Bertz CT molecular complexity index is 113.